The lowest BCUT2D eigenvalue weighted by atomic mass is 9.48. The summed E-state index contributed by atoms with van der Waals surface area (Å²) in [7, 11) is 3.42. The van der Waals surface area contributed by atoms with E-state index in [-0.39, 0.29) is 22.9 Å². The number of rotatable bonds is 2. The van der Waals surface area contributed by atoms with Crippen LogP contribution in [0.3, 0.4) is 0 Å². The summed E-state index contributed by atoms with van der Waals surface area (Å²) >= 11 is 0. The van der Waals surface area contributed by atoms with Gasteiger partial charge in [0.15, 0.2) is 5.79 Å². The van der Waals surface area contributed by atoms with Crippen LogP contribution in [0.2, 0.25) is 0 Å². The fourth-order valence-corrected chi connectivity index (χ4v) is 6.75. The summed E-state index contributed by atoms with van der Waals surface area (Å²) in [5, 5.41) is 11.3. The van der Waals surface area contributed by atoms with Gasteiger partial charge in [0.2, 0.25) is 0 Å². The van der Waals surface area contributed by atoms with Crippen LogP contribution in [0.1, 0.15) is 46.0 Å². The number of hydrogen-bond acceptors (Lipinski definition) is 3. The minimum atomic E-state index is -0.633. The van der Waals surface area contributed by atoms with Gasteiger partial charge in [0.1, 0.15) is 0 Å². The monoisotopic (exact) mass is 356 g/mol. The molecule has 4 aliphatic rings. The number of aliphatic hydroxyl groups excluding tert-OH is 1. The molecular formula is C23H32O3. The smallest absolute Gasteiger partial charge is 0.187 e. The van der Waals surface area contributed by atoms with E-state index in [0.29, 0.717) is 11.8 Å². The fourth-order valence-electron chi connectivity index (χ4n) is 6.75. The molecule has 0 amide bonds. The molecule has 0 heterocycles. The number of methoxy groups -OCH3 is 2. The normalized spacial score (nSPS) is 46.0. The molecule has 5 unspecified atom stereocenters. The van der Waals surface area contributed by atoms with E-state index in [4.69, 9.17) is 9.47 Å². The molecule has 142 valence electrons. The maximum atomic E-state index is 11.3. The van der Waals surface area contributed by atoms with Crippen LogP contribution in [0, 0.1) is 28.6 Å². The van der Waals surface area contributed by atoms with Gasteiger partial charge in [-0.05, 0) is 60.2 Å². The van der Waals surface area contributed by atoms with Gasteiger partial charge in [0.25, 0.3) is 0 Å². The quantitative estimate of drug-likeness (QED) is 0.589. The average Bonchev–Trinajstić information content (AvgIpc) is 2.96. The maximum Gasteiger partial charge on any atom is 0.187 e. The first-order chi connectivity index (χ1) is 12.3. The van der Waals surface area contributed by atoms with Crippen molar-refractivity contribution in [1.29, 1.82) is 0 Å². The summed E-state index contributed by atoms with van der Waals surface area (Å²) in [5.41, 5.74) is 5.79. The van der Waals surface area contributed by atoms with Crippen molar-refractivity contribution in [1.82, 2.24) is 0 Å². The van der Waals surface area contributed by atoms with Crippen molar-refractivity contribution in [3.8, 4) is 0 Å². The maximum absolute atomic E-state index is 11.3. The van der Waals surface area contributed by atoms with Gasteiger partial charge in [-0.25, -0.2) is 0 Å². The van der Waals surface area contributed by atoms with Gasteiger partial charge in [-0.3, -0.25) is 0 Å². The highest BCUT2D eigenvalue weighted by Crippen LogP contribution is 2.65. The van der Waals surface area contributed by atoms with Crippen LogP contribution in [-0.4, -0.2) is 31.2 Å². The van der Waals surface area contributed by atoms with Crippen LogP contribution in [0.4, 0.5) is 0 Å². The third-order valence-electron chi connectivity index (χ3n) is 8.31. The molecule has 0 saturated heterocycles. The summed E-state index contributed by atoms with van der Waals surface area (Å²) < 4.78 is 11.4. The van der Waals surface area contributed by atoms with Gasteiger partial charge in [-0.2, -0.15) is 0 Å². The van der Waals surface area contributed by atoms with Gasteiger partial charge in [-0.1, -0.05) is 32.6 Å². The first kappa shape index (κ1) is 18.3. The van der Waals surface area contributed by atoms with Gasteiger partial charge in [0, 0.05) is 32.0 Å². The van der Waals surface area contributed by atoms with Crippen LogP contribution in [0.15, 0.2) is 41.7 Å². The summed E-state index contributed by atoms with van der Waals surface area (Å²) in [5.74, 6) is 0.611. The van der Waals surface area contributed by atoms with Crippen LogP contribution in [0.25, 0.3) is 0 Å². The molecule has 3 heteroatoms. The molecule has 0 aromatic heterocycles. The third-order valence-corrected chi connectivity index (χ3v) is 8.31. The topological polar surface area (TPSA) is 38.7 Å². The first-order valence-electron chi connectivity index (χ1n) is 9.93. The zero-order chi connectivity index (χ0) is 18.7. The Morgan fingerprint density at radius 1 is 1.19 bits per heavy atom. The predicted molar refractivity (Wildman–Crippen MR) is 102 cm³/mol. The second-order valence-electron chi connectivity index (χ2n) is 9.19. The molecule has 1 N–H and O–H groups in total. The largest absolute Gasteiger partial charge is 0.393 e. The second-order valence-corrected chi connectivity index (χ2v) is 9.19. The molecule has 2 fully saturated rings. The highest BCUT2D eigenvalue weighted by molar-refractivity contribution is 5.39. The molecule has 0 aromatic carbocycles. The molecular weight excluding hydrogens is 324 g/mol. The van der Waals surface area contributed by atoms with E-state index in [0.717, 1.165) is 25.7 Å². The summed E-state index contributed by atoms with van der Waals surface area (Å²) in [6, 6.07) is 0. The molecule has 3 nitrogen and oxygen atoms in total. The number of hydrogen-bond donors (Lipinski definition) is 1. The van der Waals surface area contributed by atoms with Crippen LogP contribution in [0.5, 0.6) is 0 Å². The van der Waals surface area contributed by atoms with Gasteiger partial charge >= 0.3 is 0 Å². The number of fused-ring (bicyclic) bond motifs is 5. The predicted octanol–water partition coefficient (Wildman–Crippen LogP) is 4.40. The number of aliphatic hydroxyl groups is 1. The summed E-state index contributed by atoms with van der Waals surface area (Å²) in [6.45, 7) is 8.58. The zero-order valence-electron chi connectivity index (χ0n) is 16.5. The average molecular weight is 357 g/mol. The van der Waals surface area contributed by atoms with E-state index in [1.807, 2.05) is 0 Å². The van der Waals surface area contributed by atoms with Gasteiger partial charge in [0.05, 0.1) is 6.10 Å². The van der Waals surface area contributed by atoms with Crippen molar-refractivity contribution in [3.05, 3.63) is 41.7 Å². The molecule has 0 radical (unpaired) electrons. The van der Waals surface area contributed by atoms with E-state index in [1.54, 1.807) is 14.2 Å². The molecule has 6 atom stereocenters. The van der Waals surface area contributed by atoms with E-state index in [1.165, 1.54) is 17.6 Å². The Morgan fingerprint density at radius 2 is 1.92 bits per heavy atom. The second kappa shape index (κ2) is 5.94. The van der Waals surface area contributed by atoms with E-state index < -0.39 is 5.79 Å². The number of ether oxygens (including phenoxy) is 2. The highest BCUT2D eigenvalue weighted by atomic mass is 16.7. The molecule has 0 aliphatic heterocycles. The Hall–Kier alpha value is -1.12. The van der Waals surface area contributed by atoms with Gasteiger partial charge < -0.3 is 14.6 Å². The van der Waals surface area contributed by atoms with E-state index in [9.17, 15) is 5.11 Å². The minimum Gasteiger partial charge on any atom is -0.393 e. The Balaban J connectivity index is 1.78. The lowest BCUT2D eigenvalue weighted by Gasteiger charge is -2.58. The SMILES string of the molecule is C=C=C1CCC2C3C=CC4=CC(OC)(OC)CCC4(C)C3[C@H](O)CC12C. The molecule has 4 aliphatic carbocycles. The van der Waals surface area contributed by atoms with Crippen molar-refractivity contribution in [3.63, 3.8) is 0 Å². The Kier molecular flexibility index (Phi) is 4.17. The molecule has 0 bridgehead atoms. The Labute approximate surface area is 157 Å². The Morgan fingerprint density at radius 3 is 2.58 bits per heavy atom. The first-order valence-corrected chi connectivity index (χ1v) is 9.93. The van der Waals surface area contributed by atoms with Crippen molar-refractivity contribution in [2.75, 3.05) is 14.2 Å². The summed E-state index contributed by atoms with van der Waals surface area (Å²) in [6.07, 6.45) is 11.4. The van der Waals surface area contributed by atoms with Crippen molar-refractivity contribution in [2.45, 2.75) is 57.8 Å². The Bertz CT molecular complexity index is 709. The van der Waals surface area contributed by atoms with Crippen molar-refractivity contribution >= 4 is 0 Å². The lowest BCUT2D eigenvalue weighted by molar-refractivity contribution is -0.189. The van der Waals surface area contributed by atoms with Gasteiger partial charge in [-0.15, -0.1) is 5.73 Å². The van der Waals surface area contributed by atoms with Crippen molar-refractivity contribution in [2.24, 2.45) is 28.6 Å². The minimum absolute atomic E-state index is 0.0264. The van der Waals surface area contributed by atoms with Crippen LogP contribution >= 0.6 is 0 Å². The zero-order valence-corrected chi connectivity index (χ0v) is 16.5. The fraction of sp³-hybridized carbons (Fsp3) is 0.696. The molecule has 0 spiro atoms. The van der Waals surface area contributed by atoms with Crippen LogP contribution in [-0.2, 0) is 9.47 Å². The van der Waals surface area contributed by atoms with Crippen molar-refractivity contribution < 1.29 is 14.6 Å². The molecule has 26 heavy (non-hydrogen) atoms. The van der Waals surface area contributed by atoms with Crippen LogP contribution < -0.4 is 0 Å². The third kappa shape index (κ3) is 2.24. The highest BCUT2D eigenvalue weighted by Gasteiger charge is 2.60. The lowest BCUT2D eigenvalue weighted by Crippen LogP contribution is -2.55. The molecule has 2 saturated carbocycles. The van der Waals surface area contributed by atoms with E-state index in [2.05, 4.69) is 44.4 Å². The van der Waals surface area contributed by atoms with E-state index >= 15 is 0 Å². The number of allylic oxidation sites excluding steroid dienone is 4. The summed E-state index contributed by atoms with van der Waals surface area (Å²) in [4.78, 5) is 0. The molecule has 0 aromatic rings. The molecule has 4 rings (SSSR count). The standard InChI is InChI=1S/C23H32O3/c1-6-15-8-10-18-17-9-7-16-13-23(25-4,26-5)12-11-21(16,2)20(17)19(24)14-22(15,18)3/h7,9,13,17-20,24H,1,8,10-12,14H2,2-5H3/t17?,18?,19-,20?,21?,22?/m1/s1.